The summed E-state index contributed by atoms with van der Waals surface area (Å²) in [4.78, 5) is 25.5. The average molecular weight is 349 g/mol. The Morgan fingerprint density at radius 3 is 2.29 bits per heavy atom. The third kappa shape index (κ3) is 1.71. The fourth-order valence-corrected chi connectivity index (χ4v) is 4.08. The van der Waals surface area contributed by atoms with Gasteiger partial charge in [-0.2, -0.15) is 0 Å². The first kappa shape index (κ1) is 13.2. The Kier molecular flexibility index (Phi) is 2.84. The number of carbonyl (C=O) groups is 2. The SMILES string of the molecule is COc1cc(Br)ccc1C1C(=O)[C@@H]2C3C=CC(O3)[C@@H]2C1=O. The molecule has 2 fully saturated rings. The monoisotopic (exact) mass is 348 g/mol. The van der Waals surface area contributed by atoms with E-state index in [-0.39, 0.29) is 35.6 Å². The van der Waals surface area contributed by atoms with Crippen LogP contribution < -0.4 is 4.74 Å². The molecule has 108 valence electrons. The second-order valence-corrected chi connectivity index (χ2v) is 6.54. The molecule has 1 aliphatic carbocycles. The Bertz CT molecular complexity index is 651. The molecule has 0 N–H and O–H groups in total. The van der Waals surface area contributed by atoms with E-state index >= 15 is 0 Å². The van der Waals surface area contributed by atoms with Gasteiger partial charge >= 0.3 is 0 Å². The van der Waals surface area contributed by atoms with E-state index in [4.69, 9.17) is 9.47 Å². The molecule has 3 aliphatic rings. The highest BCUT2D eigenvalue weighted by atomic mass is 79.9. The normalized spacial score (nSPS) is 36.4. The van der Waals surface area contributed by atoms with Crippen molar-refractivity contribution >= 4 is 27.5 Å². The fraction of sp³-hybridized carbons (Fsp3) is 0.375. The van der Waals surface area contributed by atoms with Crippen molar-refractivity contribution in [2.75, 3.05) is 7.11 Å². The molecular weight excluding hydrogens is 336 g/mol. The van der Waals surface area contributed by atoms with Gasteiger partial charge in [0.05, 0.1) is 31.2 Å². The molecule has 2 heterocycles. The first-order valence-electron chi connectivity index (χ1n) is 6.86. The molecule has 5 heteroatoms. The highest BCUT2D eigenvalue weighted by Crippen LogP contribution is 2.50. The molecule has 3 unspecified atom stereocenters. The highest BCUT2D eigenvalue weighted by Gasteiger charge is 2.61. The maximum Gasteiger partial charge on any atom is 0.154 e. The molecule has 2 aliphatic heterocycles. The average Bonchev–Trinajstić information content (AvgIpc) is 3.14. The van der Waals surface area contributed by atoms with Crippen LogP contribution in [-0.4, -0.2) is 30.9 Å². The fourth-order valence-electron chi connectivity index (χ4n) is 3.74. The maximum absolute atomic E-state index is 12.7. The van der Waals surface area contributed by atoms with Gasteiger partial charge in [-0.25, -0.2) is 0 Å². The van der Waals surface area contributed by atoms with Crippen LogP contribution in [0.3, 0.4) is 0 Å². The molecule has 0 amide bonds. The molecule has 1 saturated carbocycles. The molecule has 0 aromatic heterocycles. The van der Waals surface area contributed by atoms with Crippen LogP contribution in [-0.2, 0) is 14.3 Å². The van der Waals surface area contributed by atoms with Crippen molar-refractivity contribution < 1.29 is 19.1 Å². The van der Waals surface area contributed by atoms with Gasteiger partial charge in [-0.1, -0.05) is 34.1 Å². The van der Waals surface area contributed by atoms with Crippen LogP contribution in [0.25, 0.3) is 0 Å². The highest BCUT2D eigenvalue weighted by molar-refractivity contribution is 9.10. The number of carbonyl (C=O) groups excluding carboxylic acids is 2. The Labute approximate surface area is 130 Å². The predicted molar refractivity (Wildman–Crippen MR) is 78.2 cm³/mol. The van der Waals surface area contributed by atoms with Gasteiger partial charge in [0.25, 0.3) is 0 Å². The van der Waals surface area contributed by atoms with Crippen LogP contribution in [0.1, 0.15) is 11.5 Å². The molecule has 1 saturated heterocycles. The van der Waals surface area contributed by atoms with Crippen molar-refractivity contribution in [1.29, 1.82) is 0 Å². The van der Waals surface area contributed by atoms with Crippen LogP contribution in [0.15, 0.2) is 34.8 Å². The number of benzene rings is 1. The summed E-state index contributed by atoms with van der Waals surface area (Å²) < 4.78 is 11.8. The van der Waals surface area contributed by atoms with Crippen molar-refractivity contribution in [3.63, 3.8) is 0 Å². The lowest BCUT2D eigenvalue weighted by atomic mass is 9.85. The molecule has 5 atom stereocenters. The molecule has 21 heavy (non-hydrogen) atoms. The number of methoxy groups -OCH3 is 1. The zero-order valence-electron chi connectivity index (χ0n) is 11.3. The van der Waals surface area contributed by atoms with Gasteiger partial charge in [-0.3, -0.25) is 9.59 Å². The van der Waals surface area contributed by atoms with E-state index in [0.29, 0.717) is 11.3 Å². The predicted octanol–water partition coefficient (Wildman–Crippen LogP) is 2.26. The summed E-state index contributed by atoms with van der Waals surface area (Å²) in [5.41, 5.74) is 0.657. The van der Waals surface area contributed by atoms with Gasteiger partial charge in [0.2, 0.25) is 0 Å². The molecule has 0 radical (unpaired) electrons. The summed E-state index contributed by atoms with van der Waals surface area (Å²) in [5, 5.41) is 0. The van der Waals surface area contributed by atoms with E-state index in [2.05, 4.69) is 15.9 Å². The maximum atomic E-state index is 12.7. The van der Waals surface area contributed by atoms with Crippen molar-refractivity contribution in [3.05, 3.63) is 40.4 Å². The second kappa shape index (κ2) is 4.52. The van der Waals surface area contributed by atoms with Gasteiger partial charge in [0.15, 0.2) is 11.6 Å². The number of hydrogen-bond donors (Lipinski definition) is 0. The van der Waals surface area contributed by atoms with E-state index in [1.165, 1.54) is 0 Å². The first-order valence-corrected chi connectivity index (χ1v) is 7.66. The topological polar surface area (TPSA) is 52.6 Å². The summed E-state index contributed by atoms with van der Waals surface area (Å²) in [6, 6.07) is 5.41. The van der Waals surface area contributed by atoms with Crippen LogP contribution in [0.2, 0.25) is 0 Å². The number of rotatable bonds is 2. The van der Waals surface area contributed by atoms with E-state index in [0.717, 1.165) is 4.47 Å². The Morgan fingerprint density at radius 1 is 1.10 bits per heavy atom. The number of hydrogen-bond acceptors (Lipinski definition) is 4. The van der Waals surface area contributed by atoms with Crippen LogP contribution >= 0.6 is 15.9 Å². The lowest BCUT2D eigenvalue weighted by molar-refractivity contribution is -0.127. The molecule has 4 rings (SSSR count). The van der Waals surface area contributed by atoms with Crippen molar-refractivity contribution in [1.82, 2.24) is 0 Å². The number of fused-ring (bicyclic) bond motifs is 5. The van der Waals surface area contributed by atoms with Crippen LogP contribution in [0.5, 0.6) is 5.75 Å². The number of ketones is 2. The van der Waals surface area contributed by atoms with Gasteiger partial charge in [0.1, 0.15) is 11.7 Å². The van der Waals surface area contributed by atoms with Crippen molar-refractivity contribution in [2.45, 2.75) is 18.1 Å². The van der Waals surface area contributed by atoms with E-state index < -0.39 is 5.92 Å². The molecular formula is C16H13BrO4. The minimum Gasteiger partial charge on any atom is -0.496 e. The van der Waals surface area contributed by atoms with Gasteiger partial charge in [-0.05, 0) is 12.1 Å². The molecule has 2 bridgehead atoms. The zero-order chi connectivity index (χ0) is 14.7. The standard InChI is InChI=1S/C16H13BrO4/c1-20-11-6-7(17)2-3-8(11)12-15(18)13-9-4-5-10(21-9)14(13)16(12)19/h2-6,9-10,12-14H,1H3/t9?,10?,12?,13-,14+. The third-order valence-electron chi connectivity index (χ3n) is 4.63. The third-order valence-corrected chi connectivity index (χ3v) is 5.13. The summed E-state index contributed by atoms with van der Waals surface area (Å²) in [7, 11) is 1.55. The van der Waals surface area contributed by atoms with Gasteiger partial charge in [-0.15, -0.1) is 0 Å². The molecule has 1 aromatic carbocycles. The summed E-state index contributed by atoms with van der Waals surface area (Å²) in [6.07, 6.45) is 3.34. The van der Waals surface area contributed by atoms with E-state index in [9.17, 15) is 9.59 Å². The van der Waals surface area contributed by atoms with Crippen LogP contribution in [0, 0.1) is 11.8 Å². The number of ether oxygens (including phenoxy) is 2. The smallest absolute Gasteiger partial charge is 0.154 e. The Balaban J connectivity index is 1.78. The number of Topliss-reactive ketones (excluding diaryl/α,β-unsaturated/α-hetero) is 2. The lowest BCUT2D eigenvalue weighted by Gasteiger charge is -2.15. The van der Waals surface area contributed by atoms with E-state index in [1.807, 2.05) is 18.2 Å². The van der Waals surface area contributed by atoms with Gasteiger partial charge in [0, 0.05) is 10.0 Å². The summed E-state index contributed by atoms with van der Waals surface area (Å²) in [5.74, 6) is -0.893. The van der Waals surface area contributed by atoms with Gasteiger partial charge < -0.3 is 9.47 Å². The van der Waals surface area contributed by atoms with E-state index in [1.54, 1.807) is 19.2 Å². The van der Waals surface area contributed by atoms with Crippen molar-refractivity contribution in [3.8, 4) is 5.75 Å². The van der Waals surface area contributed by atoms with Crippen LogP contribution in [0.4, 0.5) is 0 Å². The lowest BCUT2D eigenvalue weighted by Crippen LogP contribution is -2.26. The summed E-state index contributed by atoms with van der Waals surface area (Å²) in [6.45, 7) is 0. The summed E-state index contributed by atoms with van der Waals surface area (Å²) >= 11 is 3.37. The number of halogens is 1. The largest absolute Gasteiger partial charge is 0.496 e. The Hall–Kier alpha value is -1.46. The minimum absolute atomic E-state index is 0.0394. The second-order valence-electron chi connectivity index (χ2n) is 5.63. The molecule has 4 nitrogen and oxygen atoms in total. The minimum atomic E-state index is -0.725. The quantitative estimate of drug-likeness (QED) is 0.607. The molecule has 0 spiro atoms. The molecule has 1 aromatic rings. The zero-order valence-corrected chi connectivity index (χ0v) is 12.9. The van der Waals surface area contributed by atoms with Crippen molar-refractivity contribution in [2.24, 2.45) is 11.8 Å². The Morgan fingerprint density at radius 2 is 1.71 bits per heavy atom. The first-order chi connectivity index (χ1) is 10.1.